The zero-order chi connectivity index (χ0) is 15.5. The molecule has 4 nitrogen and oxygen atoms in total. The van der Waals surface area contributed by atoms with E-state index in [0.29, 0.717) is 5.92 Å². The van der Waals surface area contributed by atoms with Gasteiger partial charge in [0.05, 0.1) is 18.4 Å². The molecule has 1 spiro atoms. The van der Waals surface area contributed by atoms with Crippen LogP contribution in [0.2, 0.25) is 0 Å². The summed E-state index contributed by atoms with van der Waals surface area (Å²) in [5.74, 6) is 2.62. The first-order valence-corrected chi connectivity index (χ1v) is 9.30. The van der Waals surface area contributed by atoms with Crippen molar-refractivity contribution in [2.75, 3.05) is 32.9 Å². The maximum atomic E-state index is 6.26. The Labute approximate surface area is 139 Å². The molecule has 1 aliphatic carbocycles. The van der Waals surface area contributed by atoms with Crippen molar-refractivity contribution in [2.24, 2.45) is 11.8 Å². The van der Waals surface area contributed by atoms with Crippen molar-refractivity contribution in [1.29, 1.82) is 0 Å². The van der Waals surface area contributed by atoms with Gasteiger partial charge in [-0.3, -0.25) is 4.90 Å². The molecular formula is C19H29NO3. The molecule has 0 N–H and O–H groups in total. The number of ether oxygens (including phenoxy) is 2. The lowest BCUT2D eigenvalue weighted by atomic mass is 9.78. The number of likely N-dealkylation sites (tertiary alicyclic amines) is 1. The van der Waals surface area contributed by atoms with E-state index in [1.165, 1.54) is 25.7 Å². The third kappa shape index (κ3) is 3.81. The van der Waals surface area contributed by atoms with Crippen molar-refractivity contribution in [1.82, 2.24) is 4.90 Å². The maximum Gasteiger partial charge on any atom is 0.117 e. The lowest BCUT2D eigenvalue weighted by molar-refractivity contribution is -0.0738. The van der Waals surface area contributed by atoms with E-state index in [-0.39, 0.29) is 5.60 Å². The van der Waals surface area contributed by atoms with E-state index in [0.717, 1.165) is 64.0 Å². The maximum absolute atomic E-state index is 6.26. The molecule has 4 heteroatoms. The Morgan fingerprint density at radius 1 is 1.22 bits per heavy atom. The number of furan rings is 1. The Morgan fingerprint density at radius 3 is 2.83 bits per heavy atom. The summed E-state index contributed by atoms with van der Waals surface area (Å²) in [5.41, 5.74) is 0.128. The minimum absolute atomic E-state index is 0.128. The fraction of sp³-hybridized carbons (Fsp3) is 0.789. The zero-order valence-electron chi connectivity index (χ0n) is 14.0. The standard InChI is InChI=1S/C19H29NO3/c1-2-18(22-11-1)14-20-9-7-19(8-10-20)17(6-13-23-19)5-12-21-15-16-3-4-16/h1-2,11,16-17H,3-10,12-15H2. The monoisotopic (exact) mass is 319 g/mol. The highest BCUT2D eigenvalue weighted by atomic mass is 16.5. The smallest absolute Gasteiger partial charge is 0.117 e. The van der Waals surface area contributed by atoms with Crippen LogP contribution < -0.4 is 0 Å². The molecule has 1 aromatic rings. The fourth-order valence-corrected chi connectivity index (χ4v) is 4.22. The summed E-state index contributed by atoms with van der Waals surface area (Å²) in [5, 5.41) is 0. The van der Waals surface area contributed by atoms with Gasteiger partial charge in [0.2, 0.25) is 0 Å². The number of hydrogen-bond donors (Lipinski definition) is 0. The van der Waals surface area contributed by atoms with Gasteiger partial charge in [0.1, 0.15) is 5.76 Å². The first-order valence-electron chi connectivity index (χ1n) is 9.30. The SMILES string of the molecule is c1coc(CN2CCC3(CC2)OCCC3CCOCC2CC2)c1. The summed E-state index contributed by atoms with van der Waals surface area (Å²) < 4.78 is 17.6. The van der Waals surface area contributed by atoms with Crippen molar-refractivity contribution in [3.05, 3.63) is 24.2 Å². The van der Waals surface area contributed by atoms with Gasteiger partial charge in [-0.05, 0) is 62.5 Å². The first-order chi connectivity index (χ1) is 11.3. The molecule has 1 saturated carbocycles. The second-order valence-corrected chi connectivity index (χ2v) is 7.56. The molecule has 128 valence electrons. The van der Waals surface area contributed by atoms with Crippen LogP contribution in [0.1, 0.15) is 44.3 Å². The zero-order valence-corrected chi connectivity index (χ0v) is 14.0. The van der Waals surface area contributed by atoms with Crippen molar-refractivity contribution in [3.63, 3.8) is 0 Å². The third-order valence-corrected chi connectivity index (χ3v) is 5.92. The molecule has 3 fully saturated rings. The van der Waals surface area contributed by atoms with Crippen molar-refractivity contribution < 1.29 is 13.9 Å². The van der Waals surface area contributed by atoms with Crippen LogP contribution >= 0.6 is 0 Å². The lowest BCUT2D eigenvalue weighted by Gasteiger charge is -2.42. The molecule has 2 aliphatic heterocycles. The van der Waals surface area contributed by atoms with E-state index in [4.69, 9.17) is 13.9 Å². The van der Waals surface area contributed by atoms with Crippen LogP contribution in [0.3, 0.4) is 0 Å². The summed E-state index contributed by atoms with van der Waals surface area (Å²) in [4.78, 5) is 2.49. The van der Waals surface area contributed by atoms with Crippen LogP contribution in [-0.4, -0.2) is 43.4 Å². The van der Waals surface area contributed by atoms with Gasteiger partial charge in [0.15, 0.2) is 0 Å². The summed E-state index contributed by atoms with van der Waals surface area (Å²) in [6.07, 6.45) is 9.21. The second-order valence-electron chi connectivity index (χ2n) is 7.56. The molecule has 3 heterocycles. The van der Waals surface area contributed by atoms with Crippen LogP contribution in [0.4, 0.5) is 0 Å². The summed E-state index contributed by atoms with van der Waals surface area (Å²) >= 11 is 0. The molecule has 4 rings (SSSR count). The van der Waals surface area contributed by atoms with Crippen LogP contribution in [0.25, 0.3) is 0 Å². The summed E-state index contributed by atoms with van der Waals surface area (Å²) in [6, 6.07) is 4.04. The molecular weight excluding hydrogens is 290 g/mol. The van der Waals surface area contributed by atoms with Gasteiger partial charge in [-0.25, -0.2) is 0 Å². The average Bonchev–Trinajstić information content (AvgIpc) is 3.10. The molecule has 3 aliphatic rings. The molecule has 0 radical (unpaired) electrons. The van der Waals surface area contributed by atoms with E-state index in [1.54, 1.807) is 6.26 Å². The Kier molecular flexibility index (Phi) is 4.74. The highest BCUT2D eigenvalue weighted by Crippen LogP contribution is 2.42. The largest absolute Gasteiger partial charge is 0.468 e. The number of piperidine rings is 1. The fourth-order valence-electron chi connectivity index (χ4n) is 4.22. The van der Waals surface area contributed by atoms with E-state index in [2.05, 4.69) is 11.0 Å². The third-order valence-electron chi connectivity index (χ3n) is 5.92. The first kappa shape index (κ1) is 15.7. The van der Waals surface area contributed by atoms with E-state index in [9.17, 15) is 0 Å². The Hall–Kier alpha value is -0.840. The van der Waals surface area contributed by atoms with Gasteiger partial charge in [-0.15, -0.1) is 0 Å². The van der Waals surface area contributed by atoms with Gasteiger partial charge in [-0.2, -0.15) is 0 Å². The van der Waals surface area contributed by atoms with Gasteiger partial charge in [0, 0.05) is 32.9 Å². The molecule has 2 saturated heterocycles. The van der Waals surface area contributed by atoms with Gasteiger partial charge in [-0.1, -0.05) is 0 Å². The van der Waals surface area contributed by atoms with Gasteiger partial charge in [0.25, 0.3) is 0 Å². The minimum atomic E-state index is 0.128. The molecule has 23 heavy (non-hydrogen) atoms. The average molecular weight is 319 g/mol. The van der Waals surface area contributed by atoms with Crippen molar-refractivity contribution >= 4 is 0 Å². The molecule has 1 atom stereocenters. The van der Waals surface area contributed by atoms with Crippen LogP contribution in [0.15, 0.2) is 22.8 Å². The highest BCUT2D eigenvalue weighted by molar-refractivity contribution is 5.01. The quantitative estimate of drug-likeness (QED) is 0.721. The molecule has 1 aromatic heterocycles. The molecule has 0 amide bonds. The molecule has 1 unspecified atom stereocenters. The Balaban J connectivity index is 1.24. The van der Waals surface area contributed by atoms with E-state index in [1.807, 2.05) is 6.07 Å². The van der Waals surface area contributed by atoms with Gasteiger partial charge >= 0.3 is 0 Å². The predicted molar refractivity (Wildman–Crippen MR) is 88.2 cm³/mol. The molecule has 0 aromatic carbocycles. The summed E-state index contributed by atoms with van der Waals surface area (Å²) in [6.45, 7) is 5.99. The highest BCUT2D eigenvalue weighted by Gasteiger charge is 2.45. The number of nitrogens with zero attached hydrogens (tertiary/aromatic N) is 1. The predicted octanol–water partition coefficient (Wildman–Crippen LogP) is 3.47. The lowest BCUT2D eigenvalue weighted by Crippen LogP contribution is -2.47. The normalized spacial score (nSPS) is 27.7. The van der Waals surface area contributed by atoms with E-state index < -0.39 is 0 Å². The van der Waals surface area contributed by atoms with Crippen molar-refractivity contribution in [3.8, 4) is 0 Å². The number of rotatable bonds is 7. The van der Waals surface area contributed by atoms with Gasteiger partial charge < -0.3 is 13.9 Å². The van der Waals surface area contributed by atoms with Crippen LogP contribution in [-0.2, 0) is 16.0 Å². The Bertz CT molecular complexity index is 475. The van der Waals surface area contributed by atoms with Crippen LogP contribution in [0, 0.1) is 11.8 Å². The Morgan fingerprint density at radius 2 is 2.09 bits per heavy atom. The van der Waals surface area contributed by atoms with E-state index >= 15 is 0 Å². The second kappa shape index (κ2) is 6.96. The minimum Gasteiger partial charge on any atom is -0.468 e. The molecule has 0 bridgehead atoms. The van der Waals surface area contributed by atoms with Crippen LogP contribution in [0.5, 0.6) is 0 Å². The topological polar surface area (TPSA) is 34.8 Å². The number of hydrogen-bond acceptors (Lipinski definition) is 4. The van der Waals surface area contributed by atoms with Crippen molar-refractivity contribution in [2.45, 2.75) is 50.7 Å². The summed E-state index contributed by atoms with van der Waals surface area (Å²) in [7, 11) is 0.